The fraction of sp³-hybridized carbons (Fsp3) is 0.760. The molecule has 56 heavy (non-hydrogen) atoms. The summed E-state index contributed by atoms with van der Waals surface area (Å²) in [6.07, 6.45) is 52.9. The maximum absolute atomic E-state index is 13.1. The number of aliphatic hydroxyl groups excluding tert-OH is 2. The quantitative estimate of drug-likeness (QED) is 0.0326. The molecule has 6 nitrogen and oxygen atoms in total. The van der Waals surface area contributed by atoms with Crippen LogP contribution in [0.5, 0.6) is 0 Å². The van der Waals surface area contributed by atoms with E-state index in [2.05, 4.69) is 74.7 Å². The summed E-state index contributed by atoms with van der Waals surface area (Å²) in [5.41, 5.74) is 0. The average Bonchev–Trinajstić information content (AvgIpc) is 3.19. The third-order valence-electron chi connectivity index (χ3n) is 10.4. The van der Waals surface area contributed by atoms with E-state index < -0.39 is 18.2 Å². The molecule has 324 valence electrons. The molecular weight excluding hydrogens is 695 g/mol. The van der Waals surface area contributed by atoms with Gasteiger partial charge in [0.05, 0.1) is 25.2 Å². The Morgan fingerprint density at radius 3 is 1.36 bits per heavy atom. The van der Waals surface area contributed by atoms with E-state index in [0.717, 1.165) is 70.6 Å². The minimum Gasteiger partial charge on any atom is -0.461 e. The van der Waals surface area contributed by atoms with Crippen LogP contribution in [0.15, 0.2) is 60.8 Å². The van der Waals surface area contributed by atoms with Gasteiger partial charge in [0.1, 0.15) is 6.10 Å². The van der Waals surface area contributed by atoms with Crippen molar-refractivity contribution in [3.05, 3.63) is 60.8 Å². The SMILES string of the molecule is CC/C=C\C/C=C\C/C=C\C/C=C\C/C=C\CC(CC(=O)NC(CO)C(O)CCCCCCCCCCCCCC)OC(=O)CCCCCCCCCCCC. The summed E-state index contributed by atoms with van der Waals surface area (Å²) in [5.74, 6) is -0.581. The van der Waals surface area contributed by atoms with Gasteiger partial charge in [0, 0.05) is 12.8 Å². The molecule has 0 aromatic carbocycles. The average molecular weight is 784 g/mol. The van der Waals surface area contributed by atoms with Gasteiger partial charge in [0.15, 0.2) is 0 Å². The summed E-state index contributed by atoms with van der Waals surface area (Å²) in [6, 6.07) is -0.730. The van der Waals surface area contributed by atoms with Crippen LogP contribution in [-0.2, 0) is 14.3 Å². The van der Waals surface area contributed by atoms with Crippen molar-refractivity contribution >= 4 is 11.9 Å². The van der Waals surface area contributed by atoms with Gasteiger partial charge >= 0.3 is 5.97 Å². The number of hydrogen-bond donors (Lipinski definition) is 3. The maximum Gasteiger partial charge on any atom is 0.306 e. The van der Waals surface area contributed by atoms with Gasteiger partial charge in [0.25, 0.3) is 0 Å². The number of amides is 1. The molecular formula is C50H89NO5. The lowest BCUT2D eigenvalue weighted by atomic mass is 10.0. The highest BCUT2D eigenvalue weighted by Gasteiger charge is 2.23. The summed E-state index contributed by atoms with van der Waals surface area (Å²) in [4.78, 5) is 25.9. The van der Waals surface area contributed by atoms with Gasteiger partial charge in [-0.3, -0.25) is 9.59 Å². The largest absolute Gasteiger partial charge is 0.461 e. The van der Waals surface area contributed by atoms with Crippen LogP contribution in [0.1, 0.15) is 220 Å². The van der Waals surface area contributed by atoms with Crippen molar-refractivity contribution in [2.24, 2.45) is 0 Å². The number of esters is 1. The molecule has 0 spiro atoms. The number of allylic oxidation sites excluding steroid dienone is 9. The molecule has 0 aliphatic rings. The Bertz CT molecular complexity index is 1010. The Hall–Kier alpha value is -2.44. The predicted molar refractivity (Wildman–Crippen MR) is 241 cm³/mol. The van der Waals surface area contributed by atoms with E-state index in [0.29, 0.717) is 19.3 Å². The first-order chi connectivity index (χ1) is 27.5. The highest BCUT2D eigenvalue weighted by Crippen LogP contribution is 2.16. The second-order valence-electron chi connectivity index (χ2n) is 15.8. The molecule has 3 N–H and O–H groups in total. The Morgan fingerprint density at radius 2 is 0.929 bits per heavy atom. The monoisotopic (exact) mass is 784 g/mol. The normalized spacial score (nSPS) is 13.9. The molecule has 3 unspecified atom stereocenters. The van der Waals surface area contributed by atoms with Gasteiger partial charge in [-0.05, 0) is 44.9 Å². The van der Waals surface area contributed by atoms with Crippen molar-refractivity contribution in [1.82, 2.24) is 5.32 Å². The molecule has 0 aromatic rings. The molecule has 0 heterocycles. The highest BCUT2D eigenvalue weighted by molar-refractivity contribution is 5.77. The first kappa shape index (κ1) is 53.6. The minimum absolute atomic E-state index is 0.0000926. The van der Waals surface area contributed by atoms with Crippen LogP contribution < -0.4 is 5.32 Å². The molecule has 0 aromatic heterocycles. The molecule has 3 atom stereocenters. The van der Waals surface area contributed by atoms with E-state index in [4.69, 9.17) is 4.74 Å². The molecule has 0 fully saturated rings. The standard InChI is InChI=1S/C50H89NO5/c1-4-7-10-13-16-19-22-24-25-26-27-29-32-35-38-41-46(56-50(55)43-40-37-34-31-21-18-15-12-9-6-3)44-49(54)51-47(45-52)48(53)42-39-36-33-30-28-23-20-17-14-11-8-5-2/h7,10,16,19,24-25,27,29,35,38,46-48,52-53H,4-6,8-9,11-15,17-18,20-23,26,28,30-34,36-37,39-45H2,1-3H3,(H,51,54)/b10-7-,19-16-,25-24-,29-27-,38-35-. The summed E-state index contributed by atoms with van der Waals surface area (Å²) >= 11 is 0. The van der Waals surface area contributed by atoms with Gasteiger partial charge in [-0.2, -0.15) is 0 Å². The zero-order valence-electron chi connectivity index (χ0n) is 36.8. The lowest BCUT2D eigenvalue weighted by molar-refractivity contribution is -0.150. The number of ether oxygens (including phenoxy) is 1. The van der Waals surface area contributed by atoms with E-state index in [1.165, 1.54) is 103 Å². The molecule has 0 bridgehead atoms. The summed E-state index contributed by atoms with van der Waals surface area (Å²) in [5, 5.41) is 23.6. The van der Waals surface area contributed by atoms with Crippen molar-refractivity contribution in [2.45, 2.75) is 238 Å². The van der Waals surface area contributed by atoms with Crippen LogP contribution in [0, 0.1) is 0 Å². The van der Waals surface area contributed by atoms with E-state index in [-0.39, 0.29) is 24.9 Å². The van der Waals surface area contributed by atoms with Crippen LogP contribution in [0.4, 0.5) is 0 Å². The summed E-state index contributed by atoms with van der Waals surface area (Å²) in [7, 11) is 0. The van der Waals surface area contributed by atoms with Crippen LogP contribution in [-0.4, -0.2) is 46.9 Å². The van der Waals surface area contributed by atoms with Gasteiger partial charge in [0.2, 0.25) is 5.91 Å². The van der Waals surface area contributed by atoms with Gasteiger partial charge in [-0.25, -0.2) is 0 Å². The topological polar surface area (TPSA) is 95.9 Å². The van der Waals surface area contributed by atoms with E-state index in [1.807, 2.05) is 12.2 Å². The number of aliphatic hydroxyl groups is 2. The molecule has 1 amide bonds. The number of rotatable bonds is 41. The third-order valence-corrected chi connectivity index (χ3v) is 10.4. The second kappa shape index (κ2) is 43.7. The summed E-state index contributed by atoms with van der Waals surface area (Å²) in [6.45, 7) is 6.31. The second-order valence-corrected chi connectivity index (χ2v) is 15.8. The van der Waals surface area contributed by atoms with Crippen LogP contribution in [0.2, 0.25) is 0 Å². The summed E-state index contributed by atoms with van der Waals surface area (Å²) < 4.78 is 5.83. The highest BCUT2D eigenvalue weighted by atomic mass is 16.5. The first-order valence-electron chi connectivity index (χ1n) is 23.5. The molecule has 0 radical (unpaired) electrons. The van der Waals surface area contributed by atoms with E-state index in [1.54, 1.807) is 0 Å². The molecule has 6 heteroatoms. The Morgan fingerprint density at radius 1 is 0.536 bits per heavy atom. The van der Waals surface area contributed by atoms with Crippen molar-refractivity contribution in [3.8, 4) is 0 Å². The van der Waals surface area contributed by atoms with Crippen LogP contribution in [0.25, 0.3) is 0 Å². The smallest absolute Gasteiger partial charge is 0.306 e. The van der Waals surface area contributed by atoms with Crippen molar-refractivity contribution < 1.29 is 24.5 Å². The molecule has 0 aliphatic heterocycles. The Labute approximate surface area is 346 Å². The van der Waals surface area contributed by atoms with E-state index >= 15 is 0 Å². The minimum atomic E-state index is -0.810. The zero-order valence-corrected chi connectivity index (χ0v) is 36.8. The zero-order chi connectivity index (χ0) is 41.0. The molecule has 0 rings (SSSR count). The van der Waals surface area contributed by atoms with Crippen molar-refractivity contribution in [1.29, 1.82) is 0 Å². The van der Waals surface area contributed by atoms with Gasteiger partial charge < -0.3 is 20.3 Å². The fourth-order valence-electron chi connectivity index (χ4n) is 6.81. The molecule has 0 saturated carbocycles. The first-order valence-corrected chi connectivity index (χ1v) is 23.5. The molecule has 0 saturated heterocycles. The number of unbranched alkanes of at least 4 members (excludes halogenated alkanes) is 20. The van der Waals surface area contributed by atoms with Crippen LogP contribution >= 0.6 is 0 Å². The number of carbonyl (C=O) groups excluding carboxylic acids is 2. The maximum atomic E-state index is 13.1. The number of carbonyl (C=O) groups is 2. The van der Waals surface area contributed by atoms with Gasteiger partial charge in [-0.1, -0.05) is 216 Å². The predicted octanol–water partition coefficient (Wildman–Crippen LogP) is 13.7. The lowest BCUT2D eigenvalue weighted by Gasteiger charge is -2.24. The molecule has 0 aliphatic carbocycles. The van der Waals surface area contributed by atoms with Crippen molar-refractivity contribution in [2.75, 3.05) is 6.61 Å². The Kier molecular flexibility index (Phi) is 41.8. The third kappa shape index (κ3) is 38.4. The van der Waals surface area contributed by atoms with E-state index in [9.17, 15) is 19.8 Å². The number of hydrogen-bond acceptors (Lipinski definition) is 5. The fourth-order valence-corrected chi connectivity index (χ4v) is 6.81. The van der Waals surface area contributed by atoms with Crippen LogP contribution in [0.3, 0.4) is 0 Å². The van der Waals surface area contributed by atoms with Gasteiger partial charge in [-0.15, -0.1) is 0 Å². The number of nitrogens with one attached hydrogen (secondary N) is 1. The lowest BCUT2D eigenvalue weighted by Crippen LogP contribution is -2.46. The Balaban J connectivity index is 4.74. The van der Waals surface area contributed by atoms with Crippen molar-refractivity contribution in [3.63, 3.8) is 0 Å².